The Hall–Kier alpha value is -2.08. The highest BCUT2D eigenvalue weighted by molar-refractivity contribution is 7.11. The molecule has 0 aliphatic carbocycles. The smallest absolute Gasteiger partial charge is 0.319 e. The van der Waals surface area contributed by atoms with E-state index in [9.17, 15) is 4.79 Å². The summed E-state index contributed by atoms with van der Waals surface area (Å²) in [6, 6.07) is 6.74. The lowest BCUT2D eigenvalue weighted by molar-refractivity contribution is 0.251. The number of rotatable bonds is 4. The summed E-state index contributed by atoms with van der Waals surface area (Å²) in [6.45, 7) is 2.52. The molecule has 0 saturated carbocycles. The standard InChI is InChI=1S/C13H16N4OS/c1-2-11-7-15-12(19-11)8-16-13(18)17-10-5-3-9(14)4-6-10/h3-7H,2,8,14H2,1H3,(H2,16,17,18). The second kappa shape index (κ2) is 6.19. The molecule has 0 radical (unpaired) electrons. The third-order valence-corrected chi connectivity index (χ3v) is 3.66. The van der Waals surface area contributed by atoms with E-state index in [0.717, 1.165) is 11.4 Å². The van der Waals surface area contributed by atoms with Gasteiger partial charge in [-0.15, -0.1) is 11.3 Å². The number of hydrogen-bond acceptors (Lipinski definition) is 4. The van der Waals surface area contributed by atoms with Crippen LogP contribution < -0.4 is 16.4 Å². The van der Waals surface area contributed by atoms with Crippen molar-refractivity contribution >= 4 is 28.7 Å². The van der Waals surface area contributed by atoms with Crippen LogP contribution in [0.5, 0.6) is 0 Å². The van der Waals surface area contributed by atoms with Crippen LogP contribution in [0.4, 0.5) is 16.2 Å². The van der Waals surface area contributed by atoms with Crippen LogP contribution in [-0.4, -0.2) is 11.0 Å². The second-order valence-corrected chi connectivity index (χ2v) is 5.20. The van der Waals surface area contributed by atoms with Gasteiger partial charge in [0.25, 0.3) is 0 Å². The maximum absolute atomic E-state index is 11.7. The number of hydrogen-bond donors (Lipinski definition) is 3. The highest BCUT2D eigenvalue weighted by Gasteiger charge is 2.04. The number of urea groups is 1. The van der Waals surface area contributed by atoms with Gasteiger partial charge < -0.3 is 16.4 Å². The van der Waals surface area contributed by atoms with Gasteiger partial charge in [0, 0.05) is 22.4 Å². The number of aromatic nitrogens is 1. The van der Waals surface area contributed by atoms with E-state index in [-0.39, 0.29) is 6.03 Å². The van der Waals surface area contributed by atoms with Crippen LogP contribution in [0.3, 0.4) is 0 Å². The van der Waals surface area contributed by atoms with Gasteiger partial charge in [-0.05, 0) is 30.7 Å². The molecule has 1 aromatic carbocycles. The fourth-order valence-corrected chi connectivity index (χ4v) is 2.29. The molecule has 100 valence electrons. The molecule has 0 fully saturated rings. The number of nitrogens with zero attached hydrogens (tertiary/aromatic N) is 1. The van der Waals surface area contributed by atoms with Crippen LogP contribution in [-0.2, 0) is 13.0 Å². The van der Waals surface area contributed by atoms with Gasteiger partial charge in [-0.2, -0.15) is 0 Å². The minimum atomic E-state index is -0.252. The van der Waals surface area contributed by atoms with E-state index in [0.29, 0.717) is 17.9 Å². The quantitative estimate of drug-likeness (QED) is 0.751. The molecule has 0 unspecified atom stereocenters. The average Bonchev–Trinajstić information content (AvgIpc) is 2.87. The molecule has 2 amide bonds. The van der Waals surface area contributed by atoms with E-state index in [2.05, 4.69) is 22.5 Å². The first kappa shape index (κ1) is 13.4. The fourth-order valence-electron chi connectivity index (χ4n) is 1.49. The van der Waals surface area contributed by atoms with Gasteiger partial charge in [-0.1, -0.05) is 6.92 Å². The first-order valence-corrected chi connectivity index (χ1v) is 6.83. The van der Waals surface area contributed by atoms with Gasteiger partial charge in [-0.3, -0.25) is 0 Å². The lowest BCUT2D eigenvalue weighted by atomic mass is 10.3. The molecule has 4 N–H and O–H groups in total. The van der Waals surface area contributed by atoms with Gasteiger partial charge in [0.2, 0.25) is 0 Å². The van der Waals surface area contributed by atoms with Crippen LogP contribution in [0.15, 0.2) is 30.5 Å². The summed E-state index contributed by atoms with van der Waals surface area (Å²) in [7, 11) is 0. The highest BCUT2D eigenvalue weighted by Crippen LogP contribution is 2.13. The summed E-state index contributed by atoms with van der Waals surface area (Å²) >= 11 is 1.61. The third-order valence-electron chi connectivity index (χ3n) is 2.52. The van der Waals surface area contributed by atoms with E-state index >= 15 is 0 Å². The lowest BCUT2D eigenvalue weighted by Gasteiger charge is -2.06. The molecule has 19 heavy (non-hydrogen) atoms. The molecular weight excluding hydrogens is 260 g/mol. The summed E-state index contributed by atoms with van der Waals surface area (Å²) in [4.78, 5) is 17.1. The minimum absolute atomic E-state index is 0.252. The zero-order chi connectivity index (χ0) is 13.7. The van der Waals surface area contributed by atoms with Crippen LogP contribution in [0.1, 0.15) is 16.8 Å². The Morgan fingerprint density at radius 3 is 2.74 bits per heavy atom. The Bertz CT molecular complexity index is 550. The van der Waals surface area contributed by atoms with Gasteiger partial charge in [-0.25, -0.2) is 9.78 Å². The van der Waals surface area contributed by atoms with Crippen LogP contribution in [0, 0.1) is 0 Å². The molecule has 2 rings (SSSR count). The molecule has 0 bridgehead atoms. The van der Waals surface area contributed by atoms with Gasteiger partial charge in [0.05, 0.1) is 6.54 Å². The Balaban J connectivity index is 1.82. The predicted octanol–water partition coefficient (Wildman–Crippen LogP) is 2.61. The Labute approximate surface area is 115 Å². The number of aryl methyl sites for hydroxylation is 1. The molecule has 5 nitrogen and oxygen atoms in total. The van der Waals surface area contributed by atoms with Gasteiger partial charge >= 0.3 is 6.03 Å². The second-order valence-electron chi connectivity index (χ2n) is 4.00. The number of nitrogens with one attached hydrogen (secondary N) is 2. The van der Waals surface area contributed by atoms with Crippen molar-refractivity contribution in [1.29, 1.82) is 0 Å². The number of nitrogen functional groups attached to an aromatic ring is 1. The first-order chi connectivity index (χ1) is 9.17. The van der Waals surface area contributed by atoms with Crippen molar-refractivity contribution in [2.24, 2.45) is 0 Å². The topological polar surface area (TPSA) is 80.0 Å². The molecule has 2 aromatic rings. The Morgan fingerprint density at radius 1 is 1.37 bits per heavy atom. The highest BCUT2D eigenvalue weighted by atomic mass is 32.1. The third kappa shape index (κ3) is 3.96. The van der Waals surface area contributed by atoms with E-state index in [4.69, 9.17) is 5.73 Å². The maximum Gasteiger partial charge on any atom is 0.319 e. The normalized spacial score (nSPS) is 10.2. The number of carbonyl (C=O) groups excluding carboxylic acids is 1. The van der Waals surface area contributed by atoms with Crippen molar-refractivity contribution in [3.63, 3.8) is 0 Å². The SMILES string of the molecule is CCc1cnc(CNC(=O)Nc2ccc(N)cc2)s1. The summed E-state index contributed by atoms with van der Waals surface area (Å²) in [6.07, 6.45) is 2.81. The zero-order valence-electron chi connectivity index (χ0n) is 10.6. The molecule has 0 aliphatic rings. The minimum Gasteiger partial charge on any atom is -0.399 e. The van der Waals surface area contributed by atoms with Crippen molar-refractivity contribution in [3.05, 3.63) is 40.3 Å². The molecule has 1 aromatic heterocycles. The van der Waals surface area contributed by atoms with Crippen molar-refractivity contribution in [2.45, 2.75) is 19.9 Å². The number of carbonyl (C=O) groups is 1. The van der Waals surface area contributed by atoms with Crippen LogP contribution in [0.25, 0.3) is 0 Å². The number of thiazole rings is 1. The number of amides is 2. The first-order valence-electron chi connectivity index (χ1n) is 6.01. The predicted molar refractivity (Wildman–Crippen MR) is 78.2 cm³/mol. The zero-order valence-corrected chi connectivity index (χ0v) is 11.5. The monoisotopic (exact) mass is 276 g/mol. The summed E-state index contributed by atoms with van der Waals surface area (Å²) in [5, 5.41) is 6.40. The molecule has 6 heteroatoms. The summed E-state index contributed by atoms with van der Waals surface area (Å²) < 4.78 is 0. The van der Waals surface area contributed by atoms with Crippen LogP contribution >= 0.6 is 11.3 Å². The molecule has 0 atom stereocenters. The van der Waals surface area contributed by atoms with Crippen molar-refractivity contribution < 1.29 is 4.79 Å². The van der Waals surface area contributed by atoms with E-state index < -0.39 is 0 Å². The van der Waals surface area contributed by atoms with Crippen molar-refractivity contribution in [2.75, 3.05) is 11.1 Å². The van der Waals surface area contributed by atoms with Gasteiger partial charge in [0.15, 0.2) is 0 Å². The number of benzene rings is 1. The molecule has 0 saturated heterocycles. The molecule has 0 aliphatic heterocycles. The van der Waals surface area contributed by atoms with Gasteiger partial charge in [0.1, 0.15) is 5.01 Å². The average molecular weight is 276 g/mol. The van der Waals surface area contributed by atoms with Crippen LogP contribution in [0.2, 0.25) is 0 Å². The lowest BCUT2D eigenvalue weighted by Crippen LogP contribution is -2.28. The largest absolute Gasteiger partial charge is 0.399 e. The van der Waals surface area contributed by atoms with E-state index in [1.165, 1.54) is 4.88 Å². The molecule has 0 spiro atoms. The van der Waals surface area contributed by atoms with E-state index in [1.54, 1.807) is 35.6 Å². The van der Waals surface area contributed by atoms with E-state index in [1.807, 2.05) is 6.20 Å². The Kier molecular flexibility index (Phi) is 4.35. The Morgan fingerprint density at radius 2 is 2.11 bits per heavy atom. The maximum atomic E-state index is 11.7. The number of nitrogens with two attached hydrogens (primary N) is 1. The van der Waals surface area contributed by atoms with Crippen molar-refractivity contribution in [3.8, 4) is 0 Å². The molecular formula is C13H16N4OS. The fraction of sp³-hybridized carbons (Fsp3) is 0.231. The summed E-state index contributed by atoms with van der Waals surface area (Å²) in [5.41, 5.74) is 6.95. The molecule has 1 heterocycles. The van der Waals surface area contributed by atoms with Crippen molar-refractivity contribution in [1.82, 2.24) is 10.3 Å². The number of anilines is 2. The summed E-state index contributed by atoms with van der Waals surface area (Å²) in [5.74, 6) is 0.